The Kier molecular flexibility index (Phi) is 2.78. The van der Waals surface area contributed by atoms with Crippen molar-refractivity contribution in [1.82, 2.24) is 0 Å². The minimum Gasteiger partial charge on any atom is -0.305 e. The van der Waals surface area contributed by atoms with Gasteiger partial charge in [0.1, 0.15) is 11.6 Å². The van der Waals surface area contributed by atoms with Crippen LogP contribution in [0.15, 0.2) is 42.5 Å². The highest BCUT2D eigenvalue weighted by atomic mass is 19.1. The number of fused-ring (bicyclic) bond motifs is 1. The summed E-state index contributed by atoms with van der Waals surface area (Å²) >= 11 is 0. The fraction of sp³-hybridized carbons (Fsp3) is 0.133. The second-order valence-corrected chi connectivity index (χ2v) is 4.46. The lowest BCUT2D eigenvalue weighted by Gasteiger charge is -2.17. The van der Waals surface area contributed by atoms with E-state index in [1.54, 1.807) is 6.07 Å². The molecule has 0 N–H and O–H groups in total. The molecule has 2 nitrogen and oxygen atoms in total. The van der Waals surface area contributed by atoms with Crippen LogP contribution in [0.5, 0.6) is 0 Å². The van der Waals surface area contributed by atoms with Gasteiger partial charge in [0.05, 0.1) is 5.69 Å². The Morgan fingerprint density at radius 1 is 1.05 bits per heavy atom. The third kappa shape index (κ3) is 1.99. The molecule has 1 aliphatic rings. The number of para-hydroxylation sites is 1. The third-order valence-electron chi connectivity index (χ3n) is 3.28. The SMILES string of the molecule is O=C(c1ccc(F)cc1)N1CCc2cccc(F)c21. The molecule has 0 saturated heterocycles. The van der Waals surface area contributed by atoms with E-state index in [2.05, 4.69) is 0 Å². The fourth-order valence-electron chi connectivity index (χ4n) is 2.36. The molecule has 1 heterocycles. The number of hydrogen-bond acceptors (Lipinski definition) is 1. The van der Waals surface area contributed by atoms with Crippen molar-refractivity contribution in [2.45, 2.75) is 6.42 Å². The van der Waals surface area contributed by atoms with Crippen LogP contribution >= 0.6 is 0 Å². The van der Waals surface area contributed by atoms with Gasteiger partial charge in [-0.2, -0.15) is 0 Å². The Balaban J connectivity index is 1.98. The van der Waals surface area contributed by atoms with E-state index in [9.17, 15) is 13.6 Å². The van der Waals surface area contributed by atoms with E-state index in [1.807, 2.05) is 6.07 Å². The van der Waals surface area contributed by atoms with Crippen LogP contribution in [0.2, 0.25) is 0 Å². The van der Waals surface area contributed by atoms with Crippen molar-refractivity contribution in [2.24, 2.45) is 0 Å². The molecule has 0 fully saturated rings. The molecule has 0 saturated carbocycles. The highest BCUT2D eigenvalue weighted by Crippen LogP contribution is 2.31. The first kappa shape index (κ1) is 11.8. The molecule has 0 unspecified atom stereocenters. The first-order chi connectivity index (χ1) is 9.16. The molecule has 3 rings (SSSR count). The standard InChI is InChI=1S/C15H11F2NO/c16-12-6-4-11(5-7-12)15(19)18-9-8-10-2-1-3-13(17)14(10)18/h1-7H,8-9H2. The summed E-state index contributed by atoms with van der Waals surface area (Å²) in [4.78, 5) is 13.7. The second kappa shape index (κ2) is 4.46. The van der Waals surface area contributed by atoms with Crippen LogP contribution in [-0.4, -0.2) is 12.5 Å². The van der Waals surface area contributed by atoms with E-state index in [0.29, 0.717) is 24.2 Å². The van der Waals surface area contributed by atoms with Gasteiger partial charge in [0, 0.05) is 12.1 Å². The first-order valence-corrected chi connectivity index (χ1v) is 6.01. The average Bonchev–Trinajstić information content (AvgIpc) is 2.84. The Labute approximate surface area is 109 Å². The Morgan fingerprint density at radius 3 is 2.53 bits per heavy atom. The number of rotatable bonds is 1. The van der Waals surface area contributed by atoms with E-state index in [4.69, 9.17) is 0 Å². The quantitative estimate of drug-likeness (QED) is 0.770. The average molecular weight is 259 g/mol. The summed E-state index contributed by atoms with van der Waals surface area (Å²) in [5.74, 6) is -1.10. The number of anilines is 1. The summed E-state index contributed by atoms with van der Waals surface area (Å²) in [5, 5.41) is 0. The summed E-state index contributed by atoms with van der Waals surface area (Å²) < 4.78 is 26.7. The molecule has 4 heteroatoms. The van der Waals surface area contributed by atoms with Gasteiger partial charge in [-0.1, -0.05) is 12.1 Å². The van der Waals surface area contributed by atoms with Gasteiger partial charge in [-0.25, -0.2) is 8.78 Å². The van der Waals surface area contributed by atoms with E-state index in [-0.39, 0.29) is 5.91 Å². The molecule has 1 aliphatic heterocycles. The highest BCUT2D eigenvalue weighted by molar-refractivity contribution is 6.07. The highest BCUT2D eigenvalue weighted by Gasteiger charge is 2.28. The van der Waals surface area contributed by atoms with Gasteiger partial charge in [0.15, 0.2) is 0 Å². The predicted molar refractivity (Wildman–Crippen MR) is 68.2 cm³/mol. The van der Waals surface area contributed by atoms with Crippen molar-refractivity contribution in [3.05, 3.63) is 65.2 Å². The Morgan fingerprint density at radius 2 is 1.79 bits per heavy atom. The topological polar surface area (TPSA) is 20.3 Å². The maximum absolute atomic E-state index is 13.8. The van der Waals surface area contributed by atoms with Gasteiger partial charge in [0.2, 0.25) is 0 Å². The largest absolute Gasteiger partial charge is 0.305 e. The van der Waals surface area contributed by atoms with Gasteiger partial charge in [0.25, 0.3) is 5.91 Å². The Hall–Kier alpha value is -2.23. The molecular weight excluding hydrogens is 248 g/mol. The van der Waals surface area contributed by atoms with Crippen molar-refractivity contribution in [2.75, 3.05) is 11.4 Å². The van der Waals surface area contributed by atoms with Crippen LogP contribution < -0.4 is 4.90 Å². The summed E-state index contributed by atoms with van der Waals surface area (Å²) in [5.41, 5.74) is 1.53. The molecule has 0 radical (unpaired) electrons. The summed E-state index contributed by atoms with van der Waals surface area (Å²) in [6, 6.07) is 10.1. The minimum atomic E-state index is -0.399. The lowest BCUT2D eigenvalue weighted by atomic mass is 10.1. The molecular formula is C15H11F2NO. The lowest BCUT2D eigenvalue weighted by molar-refractivity contribution is 0.0988. The normalized spacial score (nSPS) is 13.5. The number of hydrogen-bond donors (Lipinski definition) is 0. The van der Waals surface area contributed by atoms with E-state index >= 15 is 0 Å². The number of halogens is 2. The second-order valence-electron chi connectivity index (χ2n) is 4.46. The van der Waals surface area contributed by atoms with Crippen LogP contribution in [0.3, 0.4) is 0 Å². The molecule has 0 aromatic heterocycles. The number of carbonyl (C=O) groups is 1. The zero-order valence-corrected chi connectivity index (χ0v) is 10.1. The van der Waals surface area contributed by atoms with E-state index in [0.717, 1.165) is 5.56 Å². The van der Waals surface area contributed by atoms with Crippen molar-refractivity contribution in [3.63, 3.8) is 0 Å². The predicted octanol–water partition coefficient (Wildman–Crippen LogP) is 3.17. The van der Waals surface area contributed by atoms with Crippen molar-refractivity contribution < 1.29 is 13.6 Å². The maximum atomic E-state index is 13.8. The Bertz CT molecular complexity index is 637. The lowest BCUT2D eigenvalue weighted by Crippen LogP contribution is -2.29. The molecule has 19 heavy (non-hydrogen) atoms. The van der Waals surface area contributed by atoms with Crippen molar-refractivity contribution in [3.8, 4) is 0 Å². The number of amides is 1. The summed E-state index contributed by atoms with van der Waals surface area (Å²) in [7, 11) is 0. The number of carbonyl (C=O) groups excluding carboxylic acids is 1. The molecule has 0 aliphatic carbocycles. The molecule has 2 aromatic carbocycles. The van der Waals surface area contributed by atoms with Gasteiger partial charge in [-0.15, -0.1) is 0 Å². The van der Waals surface area contributed by atoms with Crippen LogP contribution in [0.25, 0.3) is 0 Å². The van der Waals surface area contributed by atoms with E-state index in [1.165, 1.54) is 35.2 Å². The van der Waals surface area contributed by atoms with Gasteiger partial charge in [-0.3, -0.25) is 4.79 Å². The van der Waals surface area contributed by atoms with E-state index < -0.39 is 11.6 Å². The van der Waals surface area contributed by atoms with Crippen molar-refractivity contribution in [1.29, 1.82) is 0 Å². The van der Waals surface area contributed by atoms with Crippen LogP contribution in [0, 0.1) is 11.6 Å². The van der Waals surface area contributed by atoms with Crippen molar-refractivity contribution >= 4 is 11.6 Å². The zero-order chi connectivity index (χ0) is 13.4. The first-order valence-electron chi connectivity index (χ1n) is 6.01. The summed E-state index contributed by atoms with van der Waals surface area (Å²) in [6.07, 6.45) is 0.639. The van der Waals surface area contributed by atoms with Gasteiger partial charge >= 0.3 is 0 Å². The minimum absolute atomic E-state index is 0.302. The molecule has 0 bridgehead atoms. The molecule has 0 spiro atoms. The zero-order valence-electron chi connectivity index (χ0n) is 10.1. The number of nitrogens with zero attached hydrogens (tertiary/aromatic N) is 1. The third-order valence-corrected chi connectivity index (χ3v) is 3.28. The maximum Gasteiger partial charge on any atom is 0.258 e. The van der Waals surface area contributed by atoms with Gasteiger partial charge < -0.3 is 4.90 Å². The molecule has 0 atom stereocenters. The summed E-state index contributed by atoms with van der Waals surface area (Å²) in [6.45, 7) is 0.451. The van der Waals surface area contributed by atoms with Crippen LogP contribution in [0.4, 0.5) is 14.5 Å². The monoisotopic (exact) mass is 259 g/mol. The molecule has 1 amide bonds. The fourth-order valence-corrected chi connectivity index (χ4v) is 2.36. The smallest absolute Gasteiger partial charge is 0.258 e. The van der Waals surface area contributed by atoms with Crippen LogP contribution in [0.1, 0.15) is 15.9 Å². The van der Waals surface area contributed by atoms with Gasteiger partial charge in [-0.05, 0) is 42.3 Å². The van der Waals surface area contributed by atoms with Crippen LogP contribution in [-0.2, 0) is 6.42 Å². The molecule has 2 aromatic rings. The number of benzene rings is 2. The molecule has 96 valence electrons.